The highest BCUT2D eigenvalue weighted by molar-refractivity contribution is 7.90. The summed E-state index contributed by atoms with van der Waals surface area (Å²) >= 11 is 0. The molecule has 5 heteroatoms. The number of hydrogen-bond acceptors (Lipinski definition) is 3. The maximum atomic E-state index is 11.4. The summed E-state index contributed by atoms with van der Waals surface area (Å²) in [6, 6.07) is 8.74. The second kappa shape index (κ2) is 3.09. The summed E-state index contributed by atoms with van der Waals surface area (Å²) in [5.41, 5.74) is 0.658. The summed E-state index contributed by atoms with van der Waals surface area (Å²) in [4.78, 5) is 11.0. The van der Waals surface area contributed by atoms with Gasteiger partial charge in [-0.2, -0.15) is 0 Å². The largest absolute Gasteiger partial charge is 0.274 e. The summed E-state index contributed by atoms with van der Waals surface area (Å²) in [6.07, 6.45) is 0.0202. The second-order valence-corrected chi connectivity index (χ2v) is 5.04. The Labute approximate surface area is 82.0 Å². The van der Waals surface area contributed by atoms with E-state index in [4.69, 9.17) is 0 Å². The zero-order valence-corrected chi connectivity index (χ0v) is 8.12. The Kier molecular flexibility index (Phi) is 2.03. The zero-order chi connectivity index (χ0) is 10.2. The van der Waals surface area contributed by atoms with Gasteiger partial charge in [0.2, 0.25) is 15.9 Å². The number of benzene rings is 1. The molecule has 0 radical (unpaired) electrons. The van der Waals surface area contributed by atoms with Gasteiger partial charge in [0, 0.05) is 0 Å². The number of rotatable bonds is 1. The molecule has 0 aromatic heterocycles. The van der Waals surface area contributed by atoms with Crippen LogP contribution in [-0.2, 0) is 14.8 Å². The third-order valence-corrected chi connectivity index (χ3v) is 3.87. The molecule has 1 saturated heterocycles. The Hall–Kier alpha value is -1.36. The monoisotopic (exact) mass is 211 g/mol. The molecule has 0 saturated carbocycles. The molecular formula is C9H9NO3S. The smallest absolute Gasteiger partial charge is 0.242 e. The van der Waals surface area contributed by atoms with E-state index < -0.39 is 21.2 Å². The molecule has 74 valence electrons. The van der Waals surface area contributed by atoms with Crippen molar-refractivity contribution in [2.75, 3.05) is 0 Å². The zero-order valence-electron chi connectivity index (χ0n) is 7.30. The van der Waals surface area contributed by atoms with Crippen LogP contribution in [0.15, 0.2) is 30.3 Å². The van der Waals surface area contributed by atoms with Crippen molar-refractivity contribution in [1.82, 2.24) is 4.72 Å². The van der Waals surface area contributed by atoms with Gasteiger partial charge in [-0.05, 0) is 5.56 Å². The summed E-state index contributed by atoms with van der Waals surface area (Å²) < 4.78 is 24.9. The lowest BCUT2D eigenvalue weighted by Crippen LogP contribution is -2.21. The molecule has 0 aliphatic carbocycles. The molecule has 0 spiro atoms. The molecule has 2 rings (SSSR count). The molecule has 1 atom stereocenters. The van der Waals surface area contributed by atoms with Crippen molar-refractivity contribution in [3.8, 4) is 0 Å². The lowest BCUT2D eigenvalue weighted by Gasteiger charge is -2.06. The summed E-state index contributed by atoms with van der Waals surface area (Å²) in [7, 11) is -3.49. The van der Waals surface area contributed by atoms with Crippen molar-refractivity contribution in [3.05, 3.63) is 35.9 Å². The number of nitrogens with one attached hydrogen (secondary N) is 1. The third kappa shape index (κ3) is 1.50. The van der Waals surface area contributed by atoms with Crippen molar-refractivity contribution < 1.29 is 13.2 Å². The maximum absolute atomic E-state index is 11.4. The van der Waals surface area contributed by atoms with E-state index in [2.05, 4.69) is 0 Å². The van der Waals surface area contributed by atoms with Gasteiger partial charge < -0.3 is 0 Å². The lowest BCUT2D eigenvalue weighted by atomic mass is 10.1. The van der Waals surface area contributed by atoms with Gasteiger partial charge in [-0.1, -0.05) is 30.3 Å². The molecule has 1 N–H and O–H groups in total. The fourth-order valence-corrected chi connectivity index (χ4v) is 2.94. The van der Waals surface area contributed by atoms with E-state index in [9.17, 15) is 13.2 Å². The lowest BCUT2D eigenvalue weighted by molar-refractivity contribution is -0.118. The minimum Gasteiger partial charge on any atom is -0.274 e. The van der Waals surface area contributed by atoms with Crippen molar-refractivity contribution in [1.29, 1.82) is 0 Å². The van der Waals surface area contributed by atoms with E-state index in [1.54, 1.807) is 30.3 Å². The first-order chi connectivity index (χ1) is 6.59. The number of carbonyl (C=O) groups is 1. The topological polar surface area (TPSA) is 63.2 Å². The number of hydrogen-bond donors (Lipinski definition) is 1. The van der Waals surface area contributed by atoms with Crippen molar-refractivity contribution in [2.24, 2.45) is 0 Å². The van der Waals surface area contributed by atoms with Gasteiger partial charge in [0.25, 0.3) is 0 Å². The van der Waals surface area contributed by atoms with Gasteiger partial charge in [-0.15, -0.1) is 0 Å². The van der Waals surface area contributed by atoms with Crippen LogP contribution in [-0.4, -0.2) is 14.3 Å². The van der Waals surface area contributed by atoms with E-state index in [1.807, 2.05) is 4.72 Å². The highest BCUT2D eigenvalue weighted by atomic mass is 32.2. The molecular weight excluding hydrogens is 202 g/mol. The molecule has 14 heavy (non-hydrogen) atoms. The van der Waals surface area contributed by atoms with Gasteiger partial charge in [0.05, 0.1) is 6.42 Å². The van der Waals surface area contributed by atoms with E-state index in [1.165, 1.54) is 0 Å². The van der Waals surface area contributed by atoms with Gasteiger partial charge in [0.15, 0.2) is 0 Å². The number of sulfonamides is 1. The first kappa shape index (κ1) is 9.21. The van der Waals surface area contributed by atoms with E-state index in [0.29, 0.717) is 5.56 Å². The maximum Gasteiger partial charge on any atom is 0.242 e. The SMILES string of the molecule is O=C1C[C@H](c2ccccc2)S(=O)(=O)N1. The number of amides is 1. The van der Waals surface area contributed by atoms with Gasteiger partial charge in [-0.25, -0.2) is 8.42 Å². The molecule has 4 nitrogen and oxygen atoms in total. The average Bonchev–Trinajstić information content (AvgIpc) is 2.41. The minimum atomic E-state index is -3.49. The summed E-state index contributed by atoms with van der Waals surface area (Å²) in [5, 5.41) is -0.726. The van der Waals surface area contributed by atoms with Crippen LogP contribution in [0.4, 0.5) is 0 Å². The first-order valence-corrected chi connectivity index (χ1v) is 5.73. The Balaban J connectivity index is 2.42. The predicted octanol–water partition coefficient (Wildman–Crippen LogP) is 0.577. The molecule has 1 aromatic carbocycles. The Morgan fingerprint density at radius 3 is 2.36 bits per heavy atom. The van der Waals surface area contributed by atoms with E-state index >= 15 is 0 Å². The molecule has 0 unspecified atom stereocenters. The number of carbonyl (C=O) groups excluding carboxylic acids is 1. The van der Waals surface area contributed by atoms with Gasteiger partial charge >= 0.3 is 0 Å². The summed E-state index contributed by atoms with van der Waals surface area (Å²) in [5.74, 6) is -0.432. The Bertz CT molecular complexity index is 452. The van der Waals surface area contributed by atoms with Crippen LogP contribution in [0.25, 0.3) is 0 Å². The van der Waals surface area contributed by atoms with Crippen molar-refractivity contribution in [2.45, 2.75) is 11.7 Å². The average molecular weight is 211 g/mol. The highest BCUT2D eigenvalue weighted by Gasteiger charge is 2.37. The van der Waals surface area contributed by atoms with Gasteiger partial charge in [0.1, 0.15) is 5.25 Å². The third-order valence-electron chi connectivity index (χ3n) is 2.17. The molecule has 1 fully saturated rings. The quantitative estimate of drug-likeness (QED) is 0.739. The molecule has 1 amide bonds. The normalized spacial score (nSPS) is 24.6. The molecule has 1 aliphatic heterocycles. The van der Waals surface area contributed by atoms with E-state index in [0.717, 1.165) is 0 Å². The fraction of sp³-hybridized carbons (Fsp3) is 0.222. The fourth-order valence-electron chi connectivity index (χ4n) is 1.51. The van der Waals surface area contributed by atoms with Crippen LogP contribution < -0.4 is 4.72 Å². The molecule has 1 heterocycles. The van der Waals surface area contributed by atoms with Crippen LogP contribution in [0.3, 0.4) is 0 Å². The van der Waals surface area contributed by atoms with Crippen molar-refractivity contribution in [3.63, 3.8) is 0 Å². The second-order valence-electron chi connectivity index (χ2n) is 3.17. The van der Waals surface area contributed by atoms with Crippen LogP contribution in [0.1, 0.15) is 17.2 Å². The van der Waals surface area contributed by atoms with E-state index in [-0.39, 0.29) is 6.42 Å². The molecule has 0 bridgehead atoms. The Morgan fingerprint density at radius 2 is 1.86 bits per heavy atom. The molecule has 1 aliphatic rings. The molecule has 1 aromatic rings. The van der Waals surface area contributed by atoms with Crippen LogP contribution in [0.5, 0.6) is 0 Å². The predicted molar refractivity (Wildman–Crippen MR) is 50.9 cm³/mol. The summed E-state index contributed by atoms with van der Waals surface area (Å²) in [6.45, 7) is 0. The van der Waals surface area contributed by atoms with Crippen LogP contribution in [0.2, 0.25) is 0 Å². The van der Waals surface area contributed by atoms with Crippen molar-refractivity contribution >= 4 is 15.9 Å². The first-order valence-electron chi connectivity index (χ1n) is 4.19. The highest BCUT2D eigenvalue weighted by Crippen LogP contribution is 2.29. The van der Waals surface area contributed by atoms with Crippen LogP contribution in [0, 0.1) is 0 Å². The Morgan fingerprint density at radius 1 is 1.21 bits per heavy atom. The minimum absolute atomic E-state index is 0.0202. The van der Waals surface area contributed by atoms with Gasteiger partial charge in [-0.3, -0.25) is 9.52 Å². The standard InChI is InChI=1S/C9H9NO3S/c11-9-6-8(14(12,13)10-9)7-4-2-1-3-5-7/h1-5,8H,6H2,(H,10,11)/t8-/m1/s1. The van der Waals surface area contributed by atoms with Crippen LogP contribution >= 0.6 is 0 Å².